The Kier molecular flexibility index (Phi) is 6.31. The van der Waals surface area contributed by atoms with Gasteiger partial charge < -0.3 is 18.9 Å². The number of ether oxygens (including phenoxy) is 2. The minimum atomic E-state index is -0.686. The molecule has 2 aromatic carbocycles. The molecule has 2 aromatic heterocycles. The van der Waals surface area contributed by atoms with Gasteiger partial charge in [-0.1, -0.05) is 22.6 Å². The van der Waals surface area contributed by atoms with Crippen molar-refractivity contribution in [3.63, 3.8) is 0 Å². The highest BCUT2D eigenvalue weighted by Gasteiger charge is 2.43. The summed E-state index contributed by atoms with van der Waals surface area (Å²) in [5.41, 5.74) is 1.00. The van der Waals surface area contributed by atoms with Gasteiger partial charge in [0.1, 0.15) is 28.6 Å². The van der Waals surface area contributed by atoms with Crippen molar-refractivity contribution in [1.29, 1.82) is 0 Å². The summed E-state index contributed by atoms with van der Waals surface area (Å²) in [7, 11) is 1.27. The van der Waals surface area contributed by atoms with E-state index >= 15 is 0 Å². The number of aromatic nitrogens is 2. The molecule has 0 amide bonds. The number of rotatable bonds is 7. The number of benzene rings is 2. The number of halogens is 3. The summed E-state index contributed by atoms with van der Waals surface area (Å²) in [6.45, 7) is 0.158. The van der Waals surface area contributed by atoms with Crippen LogP contribution in [0.25, 0.3) is 21.5 Å². The van der Waals surface area contributed by atoms with Crippen LogP contribution >= 0.6 is 11.3 Å². The lowest BCUT2D eigenvalue weighted by molar-refractivity contribution is 0.0147. The predicted molar refractivity (Wildman–Crippen MR) is 142 cm³/mol. The summed E-state index contributed by atoms with van der Waals surface area (Å²) < 4.78 is 61.3. The number of fused-ring (bicyclic) bond motifs is 3. The zero-order valence-electron chi connectivity index (χ0n) is 21.7. The second-order valence-corrected chi connectivity index (χ2v) is 11.7. The number of thiazole rings is 1. The maximum atomic E-state index is 14.8. The van der Waals surface area contributed by atoms with Crippen LogP contribution in [0.15, 0.2) is 34.9 Å². The maximum Gasteiger partial charge on any atom is 0.338 e. The number of hydrogen-bond donors (Lipinski definition) is 0. The second kappa shape index (κ2) is 9.88. The van der Waals surface area contributed by atoms with Gasteiger partial charge in [0.15, 0.2) is 10.9 Å². The van der Waals surface area contributed by atoms with Crippen molar-refractivity contribution in [2.45, 2.75) is 69.2 Å². The molecule has 2 bridgehead atoms. The van der Waals surface area contributed by atoms with Gasteiger partial charge >= 0.3 is 5.97 Å². The van der Waals surface area contributed by atoms with E-state index in [1.54, 1.807) is 6.07 Å². The highest BCUT2D eigenvalue weighted by molar-refractivity contribution is 7.22. The Morgan fingerprint density at radius 2 is 1.80 bits per heavy atom. The van der Waals surface area contributed by atoms with Crippen molar-refractivity contribution in [3.05, 3.63) is 64.7 Å². The Labute approximate surface area is 231 Å². The summed E-state index contributed by atoms with van der Waals surface area (Å²) in [6, 6.07) is 6.87. The zero-order chi connectivity index (χ0) is 27.5. The summed E-state index contributed by atoms with van der Waals surface area (Å²) in [5.74, 6) is -1.66. The number of piperidine rings is 1. The Morgan fingerprint density at radius 3 is 2.48 bits per heavy atom. The molecule has 3 aliphatic rings. The van der Waals surface area contributed by atoms with E-state index in [0.29, 0.717) is 16.0 Å². The molecule has 1 saturated carbocycles. The van der Waals surface area contributed by atoms with E-state index in [2.05, 4.69) is 15.0 Å². The summed E-state index contributed by atoms with van der Waals surface area (Å²) >= 11 is 1.37. The molecule has 1 aliphatic carbocycles. The van der Waals surface area contributed by atoms with Crippen LogP contribution in [0.4, 0.5) is 18.3 Å². The fourth-order valence-electron chi connectivity index (χ4n) is 6.15. The molecule has 7 nitrogen and oxygen atoms in total. The minimum absolute atomic E-state index is 0.0638. The van der Waals surface area contributed by atoms with Gasteiger partial charge in [0.2, 0.25) is 0 Å². The van der Waals surface area contributed by atoms with Crippen molar-refractivity contribution in [3.8, 4) is 11.3 Å². The fourth-order valence-corrected chi connectivity index (χ4v) is 7.31. The van der Waals surface area contributed by atoms with Gasteiger partial charge in [-0.25, -0.2) is 22.9 Å². The van der Waals surface area contributed by atoms with E-state index in [1.165, 1.54) is 36.6 Å². The average molecular weight is 570 g/mol. The Hall–Kier alpha value is -3.44. The lowest BCUT2D eigenvalue weighted by atomic mass is 10.00. The van der Waals surface area contributed by atoms with Crippen LogP contribution in [0.3, 0.4) is 0 Å². The minimum Gasteiger partial charge on any atom is -0.465 e. The SMILES string of the molecule is COC(=O)c1cc(F)c2nc(N3[C@@H]4CC[C@H]3C[C@@H](OCc3c(-c5c(F)cccc5F)noc3C3CC3)C4)sc2c1. The Balaban J connectivity index is 1.10. The van der Waals surface area contributed by atoms with Crippen LogP contribution in [0.5, 0.6) is 0 Å². The predicted octanol–water partition coefficient (Wildman–Crippen LogP) is 6.75. The number of carbonyl (C=O) groups is 1. The topological polar surface area (TPSA) is 77.7 Å². The number of nitrogens with zero attached hydrogens (tertiary/aromatic N) is 3. The van der Waals surface area contributed by atoms with Crippen molar-refractivity contribution < 1.29 is 32.0 Å². The number of anilines is 1. The molecular formula is C29H26F3N3O4S. The molecule has 0 radical (unpaired) electrons. The summed E-state index contributed by atoms with van der Waals surface area (Å²) in [5, 5.41) is 4.80. The van der Waals surface area contributed by atoms with Gasteiger partial charge in [0.05, 0.1) is 35.6 Å². The Morgan fingerprint density at radius 1 is 1.07 bits per heavy atom. The lowest BCUT2D eigenvalue weighted by Gasteiger charge is -2.38. The molecule has 4 heterocycles. The van der Waals surface area contributed by atoms with Crippen molar-refractivity contribution in [2.75, 3.05) is 12.0 Å². The van der Waals surface area contributed by atoms with Crippen LogP contribution < -0.4 is 4.90 Å². The van der Waals surface area contributed by atoms with Crippen LogP contribution in [-0.4, -0.2) is 41.4 Å². The fraction of sp³-hybridized carbons (Fsp3) is 0.414. The highest BCUT2D eigenvalue weighted by atomic mass is 32.1. The van der Waals surface area contributed by atoms with Gasteiger partial charge in [0.25, 0.3) is 0 Å². The molecule has 7 rings (SSSR count). The first-order valence-electron chi connectivity index (χ1n) is 13.4. The highest BCUT2D eigenvalue weighted by Crippen LogP contribution is 2.46. The molecule has 40 heavy (non-hydrogen) atoms. The van der Waals surface area contributed by atoms with Crippen molar-refractivity contribution >= 4 is 32.7 Å². The summed E-state index contributed by atoms with van der Waals surface area (Å²) in [6.07, 6.45) is 5.25. The molecule has 0 unspecified atom stereocenters. The maximum absolute atomic E-state index is 14.8. The smallest absolute Gasteiger partial charge is 0.338 e. The largest absolute Gasteiger partial charge is 0.465 e. The molecule has 208 valence electrons. The van der Waals surface area contributed by atoms with Gasteiger partial charge in [-0.3, -0.25) is 0 Å². The molecule has 3 fully saturated rings. The number of hydrogen-bond acceptors (Lipinski definition) is 8. The van der Waals surface area contributed by atoms with E-state index in [1.807, 2.05) is 0 Å². The molecule has 3 atom stereocenters. The zero-order valence-corrected chi connectivity index (χ0v) is 22.5. The first-order valence-corrected chi connectivity index (χ1v) is 14.2. The van der Waals surface area contributed by atoms with Crippen molar-refractivity contribution in [1.82, 2.24) is 10.1 Å². The third-order valence-corrected chi connectivity index (χ3v) is 9.21. The Bertz CT molecular complexity index is 1580. The second-order valence-electron chi connectivity index (χ2n) is 10.7. The standard InChI is InChI=1S/C29H26F3N3O4S/c1-37-28(36)15-9-22(32)26-23(10-15)40-29(33-26)35-16-7-8-17(35)12-18(11-16)38-13-19-25(34-39-27(19)14-5-6-14)24-20(30)3-2-4-21(24)31/h2-4,9-10,14,16-18H,5-8,11-13H2,1H3/t16-,17+,18+. The van der Waals surface area contributed by atoms with Gasteiger partial charge in [-0.05, 0) is 62.8 Å². The molecule has 2 saturated heterocycles. The number of methoxy groups -OCH3 is 1. The average Bonchev–Trinajstić information content (AvgIpc) is 3.46. The first-order chi connectivity index (χ1) is 19.4. The molecule has 4 aromatic rings. The van der Waals surface area contributed by atoms with Crippen LogP contribution in [-0.2, 0) is 16.1 Å². The summed E-state index contributed by atoms with van der Waals surface area (Å²) in [4.78, 5) is 18.8. The monoisotopic (exact) mass is 569 g/mol. The van der Waals surface area contributed by atoms with Gasteiger partial charge in [-0.2, -0.15) is 0 Å². The molecule has 0 N–H and O–H groups in total. The normalized spacial score (nSPS) is 22.3. The van der Waals surface area contributed by atoms with E-state index in [9.17, 15) is 18.0 Å². The van der Waals surface area contributed by atoms with E-state index in [-0.39, 0.29) is 53.0 Å². The van der Waals surface area contributed by atoms with Gasteiger partial charge in [-0.15, -0.1) is 0 Å². The molecule has 11 heteroatoms. The third kappa shape index (κ3) is 4.35. The molecule has 0 spiro atoms. The number of esters is 1. The van der Waals surface area contributed by atoms with Crippen molar-refractivity contribution in [2.24, 2.45) is 0 Å². The van der Waals surface area contributed by atoms with Crippen LogP contribution in [0, 0.1) is 17.5 Å². The third-order valence-electron chi connectivity index (χ3n) is 8.20. The molecular weight excluding hydrogens is 543 g/mol. The van der Waals surface area contributed by atoms with Crippen LogP contribution in [0.2, 0.25) is 0 Å². The van der Waals surface area contributed by atoms with E-state index < -0.39 is 23.4 Å². The molecule has 2 aliphatic heterocycles. The van der Waals surface area contributed by atoms with E-state index in [0.717, 1.165) is 49.7 Å². The van der Waals surface area contributed by atoms with Crippen LogP contribution in [0.1, 0.15) is 66.1 Å². The van der Waals surface area contributed by atoms with Gasteiger partial charge in [0, 0.05) is 23.6 Å². The first kappa shape index (κ1) is 25.5. The quantitative estimate of drug-likeness (QED) is 0.228. The number of carbonyl (C=O) groups excluding carboxylic acids is 1. The van der Waals surface area contributed by atoms with E-state index in [4.69, 9.17) is 14.0 Å². The lowest BCUT2D eigenvalue weighted by Crippen LogP contribution is -2.45.